The molecule has 0 radical (unpaired) electrons. The first kappa shape index (κ1) is 13.2. The number of carboxylic acid groups (broad SMARTS) is 1. The Morgan fingerprint density at radius 2 is 1.88 bits per heavy atom. The first-order chi connectivity index (χ1) is 8.10. The molecule has 0 aliphatic heterocycles. The van der Waals surface area contributed by atoms with Crippen LogP contribution < -0.4 is 0 Å². The second-order valence-electron chi connectivity index (χ2n) is 3.33. The van der Waals surface area contributed by atoms with Gasteiger partial charge in [-0.2, -0.15) is 0 Å². The predicted molar refractivity (Wildman–Crippen MR) is 59.9 cm³/mol. The van der Waals surface area contributed by atoms with Gasteiger partial charge in [0.1, 0.15) is 0 Å². The number of rotatable bonds is 5. The van der Waals surface area contributed by atoms with Crippen LogP contribution in [0.1, 0.15) is 34.1 Å². The fourth-order valence-electron chi connectivity index (χ4n) is 1.33. The maximum absolute atomic E-state index is 11.7. The van der Waals surface area contributed by atoms with E-state index in [0.717, 1.165) is 0 Å². The topological polar surface area (TPSA) is 72.8 Å². The number of hydrogen-bond acceptors (Lipinski definition) is 4. The number of esters is 1. The van der Waals surface area contributed by atoms with Crippen LogP contribution in [0.4, 0.5) is 0 Å². The molecule has 0 amide bonds. The Morgan fingerprint density at radius 3 is 2.35 bits per heavy atom. The summed E-state index contributed by atoms with van der Waals surface area (Å²) in [5.41, 5.74) is -0.0565. The van der Waals surface area contributed by atoms with Crippen molar-refractivity contribution in [1.82, 2.24) is 0 Å². The van der Waals surface area contributed by atoms with Gasteiger partial charge in [-0.05, 0) is 12.1 Å². The molecule has 1 aromatic carbocycles. The highest BCUT2D eigenvalue weighted by molar-refractivity contribution is 6.02. The van der Waals surface area contributed by atoms with Crippen molar-refractivity contribution in [2.45, 2.75) is 19.6 Å². The molecule has 0 unspecified atom stereocenters. The molecule has 5 heteroatoms. The molecule has 0 aliphatic carbocycles. The van der Waals surface area contributed by atoms with E-state index < -0.39 is 18.2 Å². The lowest BCUT2D eigenvalue weighted by Gasteiger charge is -2.14. The Balaban J connectivity index is 2.92. The SMILES string of the molecule is CC[C@@H](OC)OC(=O)c1ccccc1C(=O)O. The van der Waals surface area contributed by atoms with Crippen molar-refractivity contribution >= 4 is 11.9 Å². The number of methoxy groups -OCH3 is 1. The molecule has 17 heavy (non-hydrogen) atoms. The molecule has 0 aliphatic rings. The summed E-state index contributed by atoms with van der Waals surface area (Å²) in [6, 6.07) is 5.89. The minimum absolute atomic E-state index is 0.0236. The number of ether oxygens (including phenoxy) is 2. The average Bonchev–Trinajstić information content (AvgIpc) is 2.35. The summed E-state index contributed by atoms with van der Waals surface area (Å²) in [4.78, 5) is 22.6. The van der Waals surface area contributed by atoms with E-state index in [1.165, 1.54) is 19.2 Å². The Labute approximate surface area is 99.0 Å². The second kappa shape index (κ2) is 6.00. The normalized spacial score (nSPS) is 11.9. The van der Waals surface area contributed by atoms with E-state index in [2.05, 4.69) is 0 Å². The predicted octanol–water partition coefficient (Wildman–Crippen LogP) is 1.92. The fourth-order valence-corrected chi connectivity index (χ4v) is 1.33. The number of aromatic carboxylic acids is 1. The van der Waals surface area contributed by atoms with Gasteiger partial charge < -0.3 is 14.6 Å². The lowest BCUT2D eigenvalue weighted by molar-refractivity contribution is -0.0906. The Kier molecular flexibility index (Phi) is 4.66. The summed E-state index contributed by atoms with van der Waals surface area (Å²) < 4.78 is 9.90. The number of benzene rings is 1. The van der Waals surface area contributed by atoms with Crippen LogP contribution in [-0.4, -0.2) is 30.4 Å². The quantitative estimate of drug-likeness (QED) is 0.626. The summed E-state index contributed by atoms with van der Waals surface area (Å²) in [5.74, 6) is -1.86. The molecule has 92 valence electrons. The van der Waals surface area contributed by atoms with Crippen LogP contribution in [0, 0.1) is 0 Å². The standard InChI is InChI=1S/C12H14O5/c1-3-10(16-2)17-12(15)9-7-5-4-6-8(9)11(13)14/h4-7,10H,3H2,1-2H3,(H,13,14)/t10-/m0/s1. The van der Waals surface area contributed by atoms with Crippen molar-refractivity contribution < 1.29 is 24.2 Å². The van der Waals surface area contributed by atoms with Crippen LogP contribution >= 0.6 is 0 Å². The van der Waals surface area contributed by atoms with E-state index >= 15 is 0 Å². The number of carboxylic acids is 1. The highest BCUT2D eigenvalue weighted by Gasteiger charge is 2.19. The third-order valence-corrected chi connectivity index (χ3v) is 2.21. The summed E-state index contributed by atoms with van der Waals surface area (Å²) in [7, 11) is 1.42. The first-order valence-electron chi connectivity index (χ1n) is 5.16. The van der Waals surface area contributed by atoms with Crippen molar-refractivity contribution in [3.63, 3.8) is 0 Å². The van der Waals surface area contributed by atoms with Gasteiger partial charge in [0, 0.05) is 13.5 Å². The van der Waals surface area contributed by atoms with Crippen LogP contribution in [-0.2, 0) is 9.47 Å². The van der Waals surface area contributed by atoms with Crippen molar-refractivity contribution in [3.8, 4) is 0 Å². The average molecular weight is 238 g/mol. The van der Waals surface area contributed by atoms with E-state index in [-0.39, 0.29) is 11.1 Å². The number of carbonyl (C=O) groups excluding carboxylic acids is 1. The van der Waals surface area contributed by atoms with Crippen molar-refractivity contribution in [2.75, 3.05) is 7.11 Å². The van der Waals surface area contributed by atoms with Crippen LogP contribution in [0.25, 0.3) is 0 Å². The van der Waals surface area contributed by atoms with Gasteiger partial charge in [0.05, 0.1) is 11.1 Å². The van der Waals surface area contributed by atoms with E-state index in [9.17, 15) is 9.59 Å². The number of carbonyl (C=O) groups is 2. The van der Waals surface area contributed by atoms with E-state index in [1.54, 1.807) is 19.1 Å². The first-order valence-corrected chi connectivity index (χ1v) is 5.16. The van der Waals surface area contributed by atoms with Crippen LogP contribution in [0.3, 0.4) is 0 Å². The highest BCUT2D eigenvalue weighted by Crippen LogP contribution is 2.12. The molecule has 0 bridgehead atoms. The Bertz CT molecular complexity index is 409. The lowest BCUT2D eigenvalue weighted by atomic mass is 10.1. The molecule has 0 aromatic heterocycles. The zero-order chi connectivity index (χ0) is 12.8. The van der Waals surface area contributed by atoms with Gasteiger partial charge in [-0.1, -0.05) is 19.1 Å². The molecular weight excluding hydrogens is 224 g/mol. The molecule has 0 heterocycles. The van der Waals surface area contributed by atoms with Gasteiger partial charge in [0.2, 0.25) is 6.29 Å². The molecule has 0 fully saturated rings. The summed E-state index contributed by atoms with van der Waals surface area (Å²) in [6.07, 6.45) is -0.165. The van der Waals surface area contributed by atoms with Crippen molar-refractivity contribution in [2.24, 2.45) is 0 Å². The second-order valence-corrected chi connectivity index (χ2v) is 3.33. The third kappa shape index (κ3) is 3.29. The maximum atomic E-state index is 11.7. The van der Waals surface area contributed by atoms with Crippen molar-refractivity contribution in [3.05, 3.63) is 35.4 Å². The molecular formula is C12H14O5. The summed E-state index contributed by atoms with van der Waals surface area (Å²) in [6.45, 7) is 1.80. The summed E-state index contributed by atoms with van der Waals surface area (Å²) in [5, 5.41) is 8.92. The Hall–Kier alpha value is -1.88. The molecule has 0 saturated heterocycles. The minimum Gasteiger partial charge on any atom is -0.478 e. The molecule has 5 nitrogen and oxygen atoms in total. The maximum Gasteiger partial charge on any atom is 0.341 e. The smallest absolute Gasteiger partial charge is 0.341 e. The third-order valence-electron chi connectivity index (χ3n) is 2.21. The zero-order valence-electron chi connectivity index (χ0n) is 9.67. The molecule has 1 N–H and O–H groups in total. The minimum atomic E-state index is -1.16. The van der Waals surface area contributed by atoms with Gasteiger partial charge >= 0.3 is 11.9 Å². The molecule has 0 saturated carbocycles. The molecule has 0 spiro atoms. The van der Waals surface area contributed by atoms with Crippen molar-refractivity contribution in [1.29, 1.82) is 0 Å². The Morgan fingerprint density at radius 1 is 1.29 bits per heavy atom. The molecule has 1 atom stereocenters. The van der Waals surface area contributed by atoms with Crippen LogP contribution in [0.15, 0.2) is 24.3 Å². The van der Waals surface area contributed by atoms with Crippen LogP contribution in [0.2, 0.25) is 0 Å². The van der Waals surface area contributed by atoms with Gasteiger partial charge in [-0.15, -0.1) is 0 Å². The zero-order valence-corrected chi connectivity index (χ0v) is 9.67. The lowest BCUT2D eigenvalue weighted by Crippen LogP contribution is -2.21. The fraction of sp³-hybridized carbons (Fsp3) is 0.333. The molecule has 1 rings (SSSR count). The van der Waals surface area contributed by atoms with Gasteiger partial charge in [-0.25, -0.2) is 9.59 Å². The van der Waals surface area contributed by atoms with E-state index in [0.29, 0.717) is 6.42 Å². The summed E-state index contributed by atoms with van der Waals surface area (Å²) >= 11 is 0. The largest absolute Gasteiger partial charge is 0.478 e. The van der Waals surface area contributed by atoms with Gasteiger partial charge in [0.15, 0.2) is 0 Å². The van der Waals surface area contributed by atoms with E-state index in [1.807, 2.05) is 0 Å². The van der Waals surface area contributed by atoms with Crippen LogP contribution in [0.5, 0.6) is 0 Å². The van der Waals surface area contributed by atoms with Gasteiger partial charge in [-0.3, -0.25) is 0 Å². The van der Waals surface area contributed by atoms with E-state index in [4.69, 9.17) is 14.6 Å². The molecule has 1 aromatic rings. The monoisotopic (exact) mass is 238 g/mol. The number of hydrogen-bond donors (Lipinski definition) is 1. The highest BCUT2D eigenvalue weighted by atomic mass is 16.7. The van der Waals surface area contributed by atoms with Gasteiger partial charge in [0.25, 0.3) is 0 Å².